The Kier molecular flexibility index (Phi) is 14.5. The van der Waals surface area contributed by atoms with Gasteiger partial charge in [-0.1, -0.05) is 65.3 Å². The highest BCUT2D eigenvalue weighted by atomic mass is 35.5. The fraction of sp³-hybridized carbons (Fsp3) is 0.773. The first-order chi connectivity index (χ1) is 27.5. The molecule has 332 valence electrons. The molecule has 1 aromatic carbocycles. The van der Waals surface area contributed by atoms with Gasteiger partial charge in [0, 0.05) is 42.5 Å². The number of likely N-dealkylation sites (N-methyl/N-ethyl adjacent to an activating group) is 1. The lowest BCUT2D eigenvalue weighted by Gasteiger charge is -2.48. The summed E-state index contributed by atoms with van der Waals surface area (Å²) in [7, 11) is 5.28. The van der Waals surface area contributed by atoms with Crippen molar-refractivity contribution in [2.75, 3.05) is 27.7 Å². The summed E-state index contributed by atoms with van der Waals surface area (Å²) in [6.45, 7) is 18.8. The van der Waals surface area contributed by atoms with Gasteiger partial charge in [-0.15, -0.1) is 0 Å². The molecule has 0 radical (unpaired) electrons. The van der Waals surface area contributed by atoms with Gasteiger partial charge in [0.25, 0.3) is 0 Å². The van der Waals surface area contributed by atoms with Crippen LogP contribution in [0.15, 0.2) is 24.3 Å². The topological polar surface area (TPSA) is 162 Å². The Labute approximate surface area is 355 Å². The second-order valence-corrected chi connectivity index (χ2v) is 19.5. The number of hydrogen-bond donors (Lipinski definition) is 2. The zero-order chi connectivity index (χ0) is 43.9. The molecule has 4 saturated heterocycles. The van der Waals surface area contributed by atoms with Crippen molar-refractivity contribution < 1.29 is 52.7 Å². The molecule has 1 aromatic rings. The number of likely N-dealkylation sites (tertiary alicyclic amines) is 1. The van der Waals surface area contributed by atoms with E-state index < -0.39 is 89.8 Å². The maximum absolute atomic E-state index is 14.7. The molecule has 0 saturated carbocycles. The van der Waals surface area contributed by atoms with Gasteiger partial charge in [-0.05, 0) is 90.6 Å². The highest BCUT2D eigenvalue weighted by Crippen LogP contribution is 2.45. The van der Waals surface area contributed by atoms with Crippen LogP contribution in [-0.2, 0) is 38.0 Å². The van der Waals surface area contributed by atoms with Crippen LogP contribution in [0.4, 0.5) is 9.59 Å². The Morgan fingerprint density at radius 3 is 2.25 bits per heavy atom. The number of fused-ring (bicyclic) bond motifs is 1. The maximum atomic E-state index is 14.7. The number of halogens is 1. The average Bonchev–Trinajstić information content (AvgIpc) is 3.68. The standard InChI is InChI=1S/C44H68ClN3O11/c1-14-32-44(10)36(46-40(52)59-44)25(4)33(49)23(2)20-43(9,54-13)37(58-39-34(50)30(47(11)12)19-24(3)55-39)26(5)35(27(6)38(51)56-32)57-41(53)48-22-42(7,8)21-31(48)28-15-17-29(45)18-16-28/h15-18,23-27,30-32,34-37,39,50H,14,19-22H2,1-13H3,(H,46,52)/t23-,24-,25+,26+,27-,30+,31-,32-,34-,35+,36-,37-,39+,43-,44-/m1/s1. The lowest BCUT2D eigenvalue weighted by molar-refractivity contribution is -0.301. The predicted molar refractivity (Wildman–Crippen MR) is 221 cm³/mol. The number of Topliss-reactive ketones (excluding diaryl/α,β-unsaturated/α-hetero) is 1. The Bertz CT molecular complexity index is 1680. The summed E-state index contributed by atoms with van der Waals surface area (Å²) in [5, 5.41) is 15.1. The molecule has 2 N–H and O–H groups in total. The SMILES string of the molecule is CC[C@H]1OC(=O)[C@H](C)[C@@H](OC(=O)N2CC(C)(C)C[C@@H]2c2ccc(Cl)cc2)[C@H](C)[C@@H](O[C@@H]2O[C@H](C)C[C@H](N(C)C)[C@H]2O)[C@](C)(OC)C[C@@H](C)C(=O)[C@H](C)[C@H]2NC(=O)O[C@@]21C. The monoisotopic (exact) mass is 849 g/mol. The number of carbonyl (C=O) groups excluding carboxylic acids is 4. The molecule has 0 unspecified atom stereocenters. The third kappa shape index (κ3) is 9.73. The van der Waals surface area contributed by atoms with Crippen molar-refractivity contribution in [3.8, 4) is 0 Å². The third-order valence-electron chi connectivity index (χ3n) is 13.6. The molecule has 0 bridgehead atoms. The number of nitrogens with one attached hydrogen (secondary N) is 1. The van der Waals surface area contributed by atoms with Gasteiger partial charge in [0.15, 0.2) is 11.9 Å². The largest absolute Gasteiger partial charge is 0.458 e. The minimum Gasteiger partial charge on any atom is -0.458 e. The number of nitrogens with zero attached hydrogens (tertiary/aromatic N) is 2. The van der Waals surface area contributed by atoms with Gasteiger partial charge in [0.05, 0.1) is 35.8 Å². The number of rotatable bonds is 7. The maximum Gasteiger partial charge on any atom is 0.410 e. The van der Waals surface area contributed by atoms with Crippen LogP contribution in [0.25, 0.3) is 0 Å². The molecule has 0 aliphatic carbocycles. The number of amides is 2. The highest BCUT2D eigenvalue weighted by molar-refractivity contribution is 6.30. The van der Waals surface area contributed by atoms with Crippen LogP contribution >= 0.6 is 11.6 Å². The molecule has 14 nitrogen and oxygen atoms in total. The number of alkyl carbamates (subject to hydrolysis) is 1. The van der Waals surface area contributed by atoms with Crippen molar-refractivity contribution in [1.29, 1.82) is 0 Å². The molecule has 5 rings (SSSR count). The van der Waals surface area contributed by atoms with Crippen LogP contribution in [0.2, 0.25) is 5.02 Å². The van der Waals surface area contributed by atoms with E-state index in [1.54, 1.807) is 44.7 Å². The first-order valence-electron chi connectivity index (χ1n) is 21.1. The molecule has 15 heteroatoms. The highest BCUT2D eigenvalue weighted by Gasteiger charge is 2.58. The molecule has 2 amide bonds. The second-order valence-electron chi connectivity index (χ2n) is 19.0. The average molecular weight is 850 g/mol. The van der Waals surface area contributed by atoms with Crippen molar-refractivity contribution in [2.24, 2.45) is 29.1 Å². The second kappa shape index (κ2) is 18.1. The number of cyclic esters (lactones) is 1. The zero-order valence-electron chi connectivity index (χ0n) is 37.2. The normalized spacial score (nSPS) is 40.8. The van der Waals surface area contributed by atoms with Crippen LogP contribution in [-0.4, -0.2) is 127 Å². The van der Waals surface area contributed by atoms with Crippen molar-refractivity contribution in [1.82, 2.24) is 15.1 Å². The van der Waals surface area contributed by atoms with Crippen molar-refractivity contribution in [2.45, 2.75) is 161 Å². The molecular formula is C44H68ClN3O11. The van der Waals surface area contributed by atoms with Gasteiger partial charge < -0.3 is 48.6 Å². The quantitative estimate of drug-likeness (QED) is 0.226. The number of aliphatic hydroxyl groups is 1. The minimum atomic E-state index is -1.39. The van der Waals surface area contributed by atoms with Crippen molar-refractivity contribution >= 4 is 35.5 Å². The summed E-state index contributed by atoms with van der Waals surface area (Å²) in [4.78, 5) is 60.2. The van der Waals surface area contributed by atoms with Crippen molar-refractivity contribution in [3.63, 3.8) is 0 Å². The molecule has 4 aliphatic heterocycles. The molecule has 0 aromatic heterocycles. The van der Waals surface area contributed by atoms with Gasteiger partial charge in [0.2, 0.25) is 0 Å². The fourth-order valence-corrected chi connectivity index (χ4v) is 10.3. The number of ketones is 1. The molecule has 4 fully saturated rings. The van der Waals surface area contributed by atoms with Crippen LogP contribution in [0.5, 0.6) is 0 Å². The molecule has 15 atom stereocenters. The van der Waals surface area contributed by atoms with Crippen molar-refractivity contribution in [3.05, 3.63) is 34.9 Å². The van der Waals surface area contributed by atoms with Crippen LogP contribution in [0, 0.1) is 29.1 Å². The van der Waals surface area contributed by atoms with E-state index in [0.29, 0.717) is 24.4 Å². The van der Waals surface area contributed by atoms with Gasteiger partial charge in [0.1, 0.15) is 24.1 Å². The molecule has 4 heterocycles. The molecule has 4 aliphatic rings. The van der Waals surface area contributed by atoms with E-state index >= 15 is 0 Å². The van der Waals surface area contributed by atoms with Crippen LogP contribution in [0.1, 0.15) is 107 Å². The summed E-state index contributed by atoms with van der Waals surface area (Å²) in [6, 6.07) is 5.92. The van der Waals surface area contributed by atoms with Gasteiger partial charge >= 0.3 is 18.2 Å². The molecule has 0 spiro atoms. The number of hydrogen-bond acceptors (Lipinski definition) is 12. The Morgan fingerprint density at radius 1 is 1.02 bits per heavy atom. The Hall–Kier alpha value is -3.01. The Morgan fingerprint density at radius 2 is 1.66 bits per heavy atom. The van der Waals surface area contributed by atoms with Gasteiger partial charge in [-0.2, -0.15) is 0 Å². The van der Waals surface area contributed by atoms with Crippen LogP contribution in [0.3, 0.4) is 0 Å². The first-order valence-corrected chi connectivity index (χ1v) is 21.5. The lowest BCUT2D eigenvalue weighted by Crippen LogP contribution is -2.61. The minimum absolute atomic E-state index is 0.130. The van der Waals surface area contributed by atoms with Gasteiger partial charge in [-0.3, -0.25) is 9.59 Å². The van der Waals surface area contributed by atoms with E-state index in [2.05, 4.69) is 19.2 Å². The molecule has 59 heavy (non-hydrogen) atoms. The number of aliphatic hydroxyl groups excluding tert-OH is 1. The summed E-state index contributed by atoms with van der Waals surface area (Å²) in [5.74, 6) is -4.16. The Balaban J connectivity index is 1.63. The number of ether oxygens (including phenoxy) is 6. The van der Waals surface area contributed by atoms with E-state index in [9.17, 15) is 24.3 Å². The number of carbonyl (C=O) groups is 4. The van der Waals surface area contributed by atoms with E-state index in [1.807, 2.05) is 58.8 Å². The summed E-state index contributed by atoms with van der Waals surface area (Å²) in [5.41, 5.74) is -2.04. The molecular weight excluding hydrogens is 782 g/mol. The summed E-state index contributed by atoms with van der Waals surface area (Å²) in [6.07, 6.45) is -5.41. The third-order valence-corrected chi connectivity index (χ3v) is 13.8. The van der Waals surface area contributed by atoms with Crippen LogP contribution < -0.4 is 5.32 Å². The van der Waals surface area contributed by atoms with E-state index in [1.165, 1.54) is 7.11 Å². The van der Waals surface area contributed by atoms with E-state index in [0.717, 1.165) is 5.56 Å². The number of methoxy groups -OCH3 is 1. The first kappa shape index (κ1) is 47.0. The smallest absolute Gasteiger partial charge is 0.410 e. The van der Waals surface area contributed by atoms with E-state index in [4.69, 9.17) is 40.0 Å². The predicted octanol–water partition coefficient (Wildman–Crippen LogP) is 6.54. The van der Waals surface area contributed by atoms with Gasteiger partial charge in [-0.25, -0.2) is 9.59 Å². The summed E-state index contributed by atoms with van der Waals surface area (Å²) >= 11 is 6.25. The zero-order valence-corrected chi connectivity index (χ0v) is 37.9. The fourth-order valence-electron chi connectivity index (χ4n) is 10.2. The lowest BCUT2D eigenvalue weighted by atomic mass is 9.73. The number of esters is 1. The number of benzene rings is 1. The summed E-state index contributed by atoms with van der Waals surface area (Å²) < 4.78 is 38.2. The van der Waals surface area contributed by atoms with E-state index in [-0.39, 0.29) is 42.2 Å².